The standard InChI is InChI=1S/C22H36O6/c1-13-16(25)17(27-14(2)23)18-19(3,4)7-6-8-20(18,5)22(13)10-9-21(28-22)11-15(24)26-12-21/h13,15-18,24-25H,6-12H2,1-5H3. The maximum atomic E-state index is 11.9. The van der Waals surface area contributed by atoms with Crippen molar-refractivity contribution in [2.75, 3.05) is 6.61 Å². The van der Waals surface area contributed by atoms with Crippen LogP contribution in [0.15, 0.2) is 0 Å². The highest BCUT2D eigenvalue weighted by atomic mass is 16.6. The third-order valence-electron chi connectivity index (χ3n) is 8.66. The molecule has 8 atom stereocenters. The van der Waals surface area contributed by atoms with Crippen LogP contribution in [0.3, 0.4) is 0 Å². The van der Waals surface area contributed by atoms with Crippen molar-refractivity contribution in [2.24, 2.45) is 22.7 Å². The van der Waals surface area contributed by atoms with E-state index < -0.39 is 29.7 Å². The fourth-order valence-corrected chi connectivity index (χ4v) is 7.53. The smallest absolute Gasteiger partial charge is 0.303 e. The van der Waals surface area contributed by atoms with Crippen LogP contribution in [-0.2, 0) is 19.0 Å². The van der Waals surface area contributed by atoms with E-state index in [-0.39, 0.29) is 28.6 Å². The third kappa shape index (κ3) is 2.71. The molecule has 0 aromatic rings. The summed E-state index contributed by atoms with van der Waals surface area (Å²) < 4.78 is 18.2. The highest BCUT2D eigenvalue weighted by molar-refractivity contribution is 5.66. The first-order chi connectivity index (χ1) is 13.0. The average Bonchev–Trinajstić information content (AvgIpc) is 3.14. The molecule has 0 bridgehead atoms. The molecular formula is C22H36O6. The van der Waals surface area contributed by atoms with Gasteiger partial charge in [0.1, 0.15) is 6.10 Å². The van der Waals surface area contributed by atoms with Crippen molar-refractivity contribution in [3.05, 3.63) is 0 Å². The Hall–Kier alpha value is -0.690. The second-order valence-electron chi connectivity index (χ2n) is 10.7. The van der Waals surface area contributed by atoms with E-state index in [0.29, 0.717) is 13.0 Å². The van der Waals surface area contributed by atoms with Gasteiger partial charge in [0.15, 0.2) is 6.29 Å². The van der Waals surface area contributed by atoms with Gasteiger partial charge in [-0.3, -0.25) is 4.79 Å². The molecule has 28 heavy (non-hydrogen) atoms. The van der Waals surface area contributed by atoms with E-state index in [4.69, 9.17) is 14.2 Å². The summed E-state index contributed by atoms with van der Waals surface area (Å²) in [6, 6.07) is 0. The molecule has 2 N–H and O–H groups in total. The topological polar surface area (TPSA) is 85.2 Å². The van der Waals surface area contributed by atoms with Crippen molar-refractivity contribution in [2.45, 2.75) is 103 Å². The van der Waals surface area contributed by atoms with Crippen molar-refractivity contribution in [3.63, 3.8) is 0 Å². The SMILES string of the molecule is CC(=O)OC1C(O)C(C)C2(CCC3(COC(O)C3)O2)C2(C)CCCC(C)(C)C12. The van der Waals surface area contributed by atoms with Gasteiger partial charge in [-0.2, -0.15) is 0 Å². The number of carbonyl (C=O) groups excluding carboxylic acids is 1. The Morgan fingerprint density at radius 3 is 2.43 bits per heavy atom. The first-order valence-corrected chi connectivity index (χ1v) is 10.8. The maximum absolute atomic E-state index is 11.9. The number of carbonyl (C=O) groups is 1. The molecule has 4 rings (SSSR count). The number of ether oxygens (including phenoxy) is 3. The van der Waals surface area contributed by atoms with Crippen LogP contribution in [0.1, 0.15) is 73.1 Å². The van der Waals surface area contributed by atoms with E-state index in [1.807, 2.05) is 6.92 Å². The largest absolute Gasteiger partial charge is 0.459 e. The summed E-state index contributed by atoms with van der Waals surface area (Å²) in [6.07, 6.45) is 3.16. The van der Waals surface area contributed by atoms with Gasteiger partial charge in [0, 0.05) is 30.6 Å². The highest BCUT2D eigenvalue weighted by Crippen LogP contribution is 2.68. The summed E-state index contributed by atoms with van der Waals surface area (Å²) in [5, 5.41) is 21.3. The summed E-state index contributed by atoms with van der Waals surface area (Å²) >= 11 is 0. The summed E-state index contributed by atoms with van der Waals surface area (Å²) in [7, 11) is 0. The lowest BCUT2D eigenvalue weighted by molar-refractivity contribution is -0.299. The van der Waals surface area contributed by atoms with Crippen LogP contribution in [-0.4, -0.2) is 52.5 Å². The molecule has 8 unspecified atom stereocenters. The highest BCUT2D eigenvalue weighted by Gasteiger charge is 2.72. The molecule has 6 nitrogen and oxygen atoms in total. The Balaban J connectivity index is 1.79. The number of aliphatic hydroxyl groups excluding tert-OH is 2. The van der Waals surface area contributed by atoms with E-state index >= 15 is 0 Å². The van der Waals surface area contributed by atoms with Crippen LogP contribution in [0.4, 0.5) is 0 Å². The molecule has 2 heterocycles. The predicted octanol–water partition coefficient (Wildman–Crippen LogP) is 2.79. The van der Waals surface area contributed by atoms with Gasteiger partial charge >= 0.3 is 5.97 Å². The van der Waals surface area contributed by atoms with E-state index in [0.717, 1.165) is 32.1 Å². The lowest BCUT2D eigenvalue weighted by Crippen LogP contribution is -2.71. The Labute approximate surface area is 167 Å². The van der Waals surface area contributed by atoms with Crippen LogP contribution in [0, 0.1) is 22.7 Å². The summed E-state index contributed by atoms with van der Waals surface area (Å²) in [4.78, 5) is 11.9. The van der Waals surface area contributed by atoms with Gasteiger partial charge in [-0.05, 0) is 31.1 Å². The Morgan fingerprint density at radius 1 is 1.11 bits per heavy atom. The van der Waals surface area contributed by atoms with Crippen LogP contribution < -0.4 is 0 Å². The second-order valence-corrected chi connectivity index (χ2v) is 10.7. The van der Waals surface area contributed by atoms with Gasteiger partial charge in [0.2, 0.25) is 0 Å². The lowest BCUT2D eigenvalue weighted by atomic mass is 9.43. The number of esters is 1. The second kappa shape index (κ2) is 6.40. The number of fused-ring (bicyclic) bond motifs is 2. The zero-order valence-corrected chi connectivity index (χ0v) is 17.9. The van der Waals surface area contributed by atoms with Gasteiger partial charge in [-0.1, -0.05) is 34.1 Å². The Morgan fingerprint density at radius 2 is 1.82 bits per heavy atom. The maximum Gasteiger partial charge on any atom is 0.303 e. The van der Waals surface area contributed by atoms with Crippen molar-refractivity contribution in [1.82, 2.24) is 0 Å². The van der Waals surface area contributed by atoms with Gasteiger partial charge in [0.25, 0.3) is 0 Å². The van der Waals surface area contributed by atoms with Crippen molar-refractivity contribution in [1.29, 1.82) is 0 Å². The summed E-state index contributed by atoms with van der Waals surface area (Å²) in [6.45, 7) is 10.6. The van der Waals surface area contributed by atoms with Gasteiger partial charge in [-0.25, -0.2) is 0 Å². The number of rotatable bonds is 1. The number of hydrogen-bond donors (Lipinski definition) is 2. The fraction of sp³-hybridized carbons (Fsp3) is 0.955. The third-order valence-corrected chi connectivity index (χ3v) is 8.66. The molecule has 2 saturated heterocycles. The molecule has 2 aliphatic heterocycles. The van der Waals surface area contributed by atoms with Crippen LogP contribution in [0.5, 0.6) is 0 Å². The van der Waals surface area contributed by atoms with E-state index in [2.05, 4.69) is 20.8 Å². The van der Waals surface area contributed by atoms with Gasteiger partial charge in [-0.15, -0.1) is 0 Å². The Bertz CT molecular complexity index is 649. The Kier molecular flexibility index (Phi) is 4.70. The molecule has 2 saturated carbocycles. The van der Waals surface area contributed by atoms with E-state index in [1.54, 1.807) is 0 Å². The molecule has 160 valence electrons. The molecule has 2 spiro atoms. The van der Waals surface area contributed by atoms with Crippen molar-refractivity contribution >= 4 is 5.97 Å². The molecule has 4 fully saturated rings. The molecule has 0 aromatic carbocycles. The van der Waals surface area contributed by atoms with Gasteiger partial charge in [0.05, 0.1) is 23.9 Å². The van der Waals surface area contributed by atoms with Crippen LogP contribution in [0.25, 0.3) is 0 Å². The summed E-state index contributed by atoms with van der Waals surface area (Å²) in [5.74, 6) is -0.512. The molecule has 0 amide bonds. The molecule has 0 radical (unpaired) electrons. The minimum atomic E-state index is -0.779. The monoisotopic (exact) mass is 396 g/mol. The molecule has 4 aliphatic rings. The van der Waals surface area contributed by atoms with Crippen LogP contribution >= 0.6 is 0 Å². The normalized spacial score (nSPS) is 52.8. The summed E-state index contributed by atoms with van der Waals surface area (Å²) in [5.41, 5.74) is -1.30. The number of hydrogen-bond acceptors (Lipinski definition) is 6. The van der Waals surface area contributed by atoms with Crippen molar-refractivity contribution < 1.29 is 29.2 Å². The quantitative estimate of drug-likeness (QED) is 0.663. The number of aliphatic hydroxyl groups is 2. The fourth-order valence-electron chi connectivity index (χ4n) is 7.53. The predicted molar refractivity (Wildman–Crippen MR) is 102 cm³/mol. The molecule has 0 aromatic heterocycles. The minimum Gasteiger partial charge on any atom is -0.459 e. The lowest BCUT2D eigenvalue weighted by Gasteiger charge is -2.66. The van der Waals surface area contributed by atoms with E-state index in [1.165, 1.54) is 6.92 Å². The zero-order chi connectivity index (χ0) is 20.5. The molecule has 2 aliphatic carbocycles. The van der Waals surface area contributed by atoms with Crippen LogP contribution in [0.2, 0.25) is 0 Å². The molecule has 6 heteroatoms. The van der Waals surface area contributed by atoms with E-state index in [9.17, 15) is 15.0 Å². The first kappa shape index (κ1) is 20.6. The van der Waals surface area contributed by atoms with Gasteiger partial charge < -0.3 is 24.4 Å². The average molecular weight is 397 g/mol. The zero-order valence-electron chi connectivity index (χ0n) is 17.9. The first-order valence-electron chi connectivity index (χ1n) is 10.8. The molecular weight excluding hydrogens is 360 g/mol. The minimum absolute atomic E-state index is 0.00578. The van der Waals surface area contributed by atoms with Crippen molar-refractivity contribution in [3.8, 4) is 0 Å².